The fraction of sp³-hybridized carbons (Fsp3) is 0.250. The summed E-state index contributed by atoms with van der Waals surface area (Å²) >= 11 is 12.6. The van der Waals surface area contributed by atoms with Gasteiger partial charge in [-0.25, -0.2) is 40.3 Å². The van der Waals surface area contributed by atoms with E-state index in [1.54, 1.807) is 0 Å². The summed E-state index contributed by atoms with van der Waals surface area (Å²) in [6.07, 6.45) is -2.92. The number of fused-ring (bicyclic) bond motifs is 5. The lowest BCUT2D eigenvalue weighted by molar-refractivity contribution is -0.123. The van der Waals surface area contributed by atoms with E-state index in [4.69, 9.17) is 28.2 Å². The summed E-state index contributed by atoms with van der Waals surface area (Å²) in [7, 11) is -2.53. The predicted molar refractivity (Wildman–Crippen MR) is 216 cm³/mol. The second kappa shape index (κ2) is 15.0. The molecule has 2 N–H and O–H groups in total. The Morgan fingerprint density at radius 3 is 2.38 bits per heavy atom. The zero-order valence-electron chi connectivity index (χ0n) is 32.3. The van der Waals surface area contributed by atoms with Crippen LogP contribution in [0.1, 0.15) is 53.1 Å². The number of carbonyl (C=O) groups is 1. The topological polar surface area (TPSA) is 159 Å². The van der Waals surface area contributed by atoms with Crippen molar-refractivity contribution in [2.24, 2.45) is 13.0 Å². The first-order chi connectivity index (χ1) is 29.7. The highest BCUT2D eigenvalue weighted by molar-refractivity contribution is 7.92. The Balaban J connectivity index is 1.26. The molecule has 1 amide bonds. The maximum atomic E-state index is 15.5. The summed E-state index contributed by atoms with van der Waals surface area (Å²) in [6.45, 7) is -1.03. The maximum absolute atomic E-state index is 15.5. The number of sulfonamides is 1. The number of hydrogen-bond acceptors (Lipinski definition) is 8. The quantitative estimate of drug-likeness (QED) is 0.124. The number of alkyl halides is 4. The molecule has 0 unspecified atom stereocenters. The van der Waals surface area contributed by atoms with Gasteiger partial charge in [0, 0.05) is 36.6 Å². The lowest BCUT2D eigenvalue weighted by atomic mass is 10.0. The number of amides is 1. The zero-order valence-corrected chi connectivity index (χ0v) is 34.6. The monoisotopic (exact) mass is 933 g/mol. The molecule has 0 spiro atoms. The fourth-order valence-corrected chi connectivity index (χ4v) is 9.19. The summed E-state index contributed by atoms with van der Waals surface area (Å²) < 4.78 is 133. The van der Waals surface area contributed by atoms with Crippen LogP contribution in [0.3, 0.4) is 0 Å². The molecule has 4 aromatic heterocycles. The summed E-state index contributed by atoms with van der Waals surface area (Å²) in [4.78, 5) is 38.3. The highest BCUT2D eigenvalue weighted by Gasteiger charge is 2.67. The molecule has 3 atom stereocenters. The van der Waals surface area contributed by atoms with Crippen LogP contribution in [0.4, 0.5) is 36.6 Å². The van der Waals surface area contributed by atoms with Gasteiger partial charge in [0.05, 0.1) is 50.0 Å². The smallest absolute Gasteiger partial charge is 0.293 e. The van der Waals surface area contributed by atoms with Crippen LogP contribution < -0.4 is 15.6 Å². The average molecular weight is 935 g/mol. The number of aryl methyl sites for hydroxylation is 1. The molecule has 326 valence electrons. The van der Waals surface area contributed by atoms with Crippen molar-refractivity contribution in [3.8, 4) is 16.9 Å². The molecule has 4 heterocycles. The zero-order chi connectivity index (χ0) is 45.0. The second-order valence-electron chi connectivity index (χ2n) is 15.2. The third-order valence-electron chi connectivity index (χ3n) is 10.9. The van der Waals surface area contributed by atoms with Crippen molar-refractivity contribution in [1.29, 1.82) is 0 Å². The van der Waals surface area contributed by atoms with Crippen LogP contribution in [-0.4, -0.2) is 54.7 Å². The number of benzene rings is 3. The van der Waals surface area contributed by atoms with Crippen molar-refractivity contribution in [3.63, 3.8) is 0 Å². The number of anilines is 1. The summed E-state index contributed by atoms with van der Waals surface area (Å²) in [5.41, 5.74) is -2.76. The summed E-state index contributed by atoms with van der Waals surface area (Å²) in [5, 5.41) is 10.2. The van der Waals surface area contributed by atoms with E-state index in [2.05, 4.69) is 25.2 Å². The van der Waals surface area contributed by atoms with E-state index in [9.17, 15) is 40.0 Å². The molecule has 0 aliphatic heterocycles. The van der Waals surface area contributed by atoms with Gasteiger partial charge in [-0.15, -0.1) is 0 Å². The number of hydrogen-bond donors (Lipinski definition) is 2. The number of nitrogens with one attached hydrogen (secondary N) is 2. The van der Waals surface area contributed by atoms with Crippen LogP contribution in [0, 0.1) is 23.4 Å². The van der Waals surface area contributed by atoms with E-state index in [0.29, 0.717) is 16.3 Å². The van der Waals surface area contributed by atoms with Crippen LogP contribution in [0.15, 0.2) is 65.5 Å². The fourth-order valence-electron chi connectivity index (χ4n) is 8.28. The van der Waals surface area contributed by atoms with Crippen molar-refractivity contribution < 1.29 is 43.9 Å². The average Bonchev–Trinajstić information content (AvgIpc) is 3.73. The standard InChI is InChI=1S/C40H28Cl2F7N9O4S/c1-56-33-28(8-5-23(41)31(33)37(54-56)55-63(2,61)62)58-38(52-36-20(39(58)60)4-7-26(51-36)17-3-6-25(45)24(42)12-17)27(11-16-9-18(43)13-19(44)10-16)50-29(59)15-57-34-30(32(53-57)35(46)47)21-14-22(21)40(34,48)49/h3-10,12-13,21-22,27,35H,11,14-15H2,1-2H3,(H,50,59)(H,54,55)/t21-,22+,27-/m0/s1. The van der Waals surface area contributed by atoms with Gasteiger partial charge in [0.2, 0.25) is 15.9 Å². The Morgan fingerprint density at radius 1 is 0.968 bits per heavy atom. The van der Waals surface area contributed by atoms with Gasteiger partial charge in [-0.05, 0) is 72.5 Å². The van der Waals surface area contributed by atoms with E-state index in [0.717, 1.165) is 29.0 Å². The molecular formula is C40H28Cl2F7N9O4S. The van der Waals surface area contributed by atoms with Crippen molar-refractivity contribution in [2.75, 3.05) is 11.0 Å². The summed E-state index contributed by atoms with van der Waals surface area (Å²) in [6, 6.07) is 10.1. The normalized spacial score (nSPS) is 17.0. The van der Waals surface area contributed by atoms with Crippen LogP contribution in [0.5, 0.6) is 0 Å². The Morgan fingerprint density at radius 2 is 1.70 bits per heavy atom. The van der Waals surface area contributed by atoms with Gasteiger partial charge in [-0.2, -0.15) is 19.0 Å². The molecule has 7 aromatic rings. The molecule has 2 aliphatic rings. The third kappa shape index (κ3) is 7.44. The van der Waals surface area contributed by atoms with Gasteiger partial charge in [-0.3, -0.25) is 28.2 Å². The minimum absolute atomic E-state index is 0.00920. The van der Waals surface area contributed by atoms with Gasteiger partial charge < -0.3 is 5.32 Å². The Bertz CT molecular complexity index is 3250. The van der Waals surface area contributed by atoms with Gasteiger partial charge in [0.25, 0.3) is 17.9 Å². The van der Waals surface area contributed by atoms with Crippen LogP contribution in [0.25, 0.3) is 38.9 Å². The number of pyridine rings is 1. The Labute approximate surface area is 360 Å². The molecule has 23 heteroatoms. The molecule has 1 saturated carbocycles. The predicted octanol–water partition coefficient (Wildman–Crippen LogP) is 7.87. The molecule has 13 nitrogen and oxygen atoms in total. The van der Waals surface area contributed by atoms with E-state index in [1.807, 2.05) is 0 Å². The molecule has 0 radical (unpaired) electrons. The van der Waals surface area contributed by atoms with Crippen molar-refractivity contribution in [2.45, 2.75) is 43.7 Å². The highest BCUT2D eigenvalue weighted by atomic mass is 35.5. The number of carbonyl (C=O) groups excluding carboxylic acids is 1. The molecule has 3 aromatic carbocycles. The maximum Gasteiger partial charge on any atom is 0.293 e. The van der Waals surface area contributed by atoms with E-state index < -0.39 is 93.5 Å². The van der Waals surface area contributed by atoms with Crippen LogP contribution >= 0.6 is 23.2 Å². The highest BCUT2D eigenvalue weighted by Crippen LogP contribution is 2.68. The van der Waals surface area contributed by atoms with Gasteiger partial charge in [0.15, 0.2) is 11.5 Å². The first-order valence-corrected chi connectivity index (χ1v) is 21.4. The minimum atomic E-state index is -3.94. The molecular weight excluding hydrogens is 906 g/mol. The van der Waals surface area contributed by atoms with E-state index in [-0.39, 0.29) is 72.6 Å². The van der Waals surface area contributed by atoms with Crippen LogP contribution in [0.2, 0.25) is 10.0 Å². The van der Waals surface area contributed by atoms with Crippen molar-refractivity contribution in [3.05, 3.63) is 127 Å². The third-order valence-corrected chi connectivity index (χ3v) is 12.1. The number of nitrogens with zero attached hydrogens (tertiary/aromatic N) is 7. The van der Waals surface area contributed by atoms with Gasteiger partial charge >= 0.3 is 0 Å². The second-order valence-corrected chi connectivity index (χ2v) is 17.8. The summed E-state index contributed by atoms with van der Waals surface area (Å²) in [5.74, 6) is -10.1. The molecule has 1 fully saturated rings. The lowest BCUT2D eigenvalue weighted by Crippen LogP contribution is -2.38. The van der Waals surface area contributed by atoms with E-state index in [1.165, 1.54) is 48.1 Å². The van der Waals surface area contributed by atoms with Gasteiger partial charge in [-0.1, -0.05) is 23.2 Å². The largest absolute Gasteiger partial charge is 0.344 e. The molecule has 9 rings (SSSR count). The lowest BCUT2D eigenvalue weighted by Gasteiger charge is -2.24. The molecule has 0 saturated heterocycles. The van der Waals surface area contributed by atoms with Crippen molar-refractivity contribution >= 4 is 66.9 Å². The number of aromatic nitrogens is 7. The first kappa shape index (κ1) is 42.3. The number of rotatable bonds is 11. The van der Waals surface area contributed by atoms with Crippen LogP contribution in [-0.2, 0) is 40.8 Å². The van der Waals surface area contributed by atoms with E-state index >= 15 is 8.78 Å². The number of halogens is 9. The first-order valence-electron chi connectivity index (χ1n) is 18.7. The SMILES string of the molecule is Cn1nc(NS(C)(=O)=O)c2c(Cl)ccc(-n3c([C@H](Cc4cc(F)cc(F)c4)NC(=O)Cn4nc(C(F)F)c5c4C(F)(F)[C@@H]4C[C@H]54)nc4nc(-c5ccc(F)c(Cl)c5)ccc4c3=O)c21. The Hall–Kier alpha value is -6.06. The Kier molecular flexibility index (Phi) is 10.1. The molecule has 2 aliphatic carbocycles. The molecule has 63 heavy (non-hydrogen) atoms. The minimum Gasteiger partial charge on any atom is -0.344 e. The molecule has 0 bridgehead atoms. The van der Waals surface area contributed by atoms with Crippen molar-refractivity contribution in [1.82, 2.24) is 39.4 Å². The van der Waals surface area contributed by atoms with Gasteiger partial charge in [0.1, 0.15) is 41.2 Å².